The summed E-state index contributed by atoms with van der Waals surface area (Å²) in [5.74, 6) is 2.15. The molecule has 0 spiro atoms. The highest BCUT2D eigenvalue weighted by atomic mass is 35.5. The molecule has 0 radical (unpaired) electrons. The number of hydrogen-bond donors (Lipinski definition) is 1. The van der Waals surface area contributed by atoms with E-state index in [2.05, 4.69) is 10.3 Å². The number of halogens is 1. The Balaban J connectivity index is 2.12. The molecule has 0 saturated heterocycles. The number of hydrogen-bond acceptors (Lipinski definition) is 4. The van der Waals surface area contributed by atoms with Crippen LogP contribution in [0.1, 0.15) is 6.42 Å². The molecule has 0 saturated carbocycles. The molecule has 0 fully saturated rings. The van der Waals surface area contributed by atoms with Crippen molar-refractivity contribution in [2.75, 3.05) is 38.1 Å². The van der Waals surface area contributed by atoms with E-state index in [1.165, 1.54) is 0 Å². The zero-order chi connectivity index (χ0) is 11.6. The Labute approximate surface area is 101 Å². The molecule has 0 amide bonds. The van der Waals surface area contributed by atoms with Crippen molar-refractivity contribution in [1.29, 1.82) is 0 Å². The van der Waals surface area contributed by atoms with Crippen LogP contribution >= 0.6 is 11.6 Å². The molecule has 0 unspecified atom stereocenters. The fraction of sp³-hybridized carbons (Fsp3) is 0.545. The second-order valence-corrected chi connectivity index (χ2v) is 3.54. The summed E-state index contributed by atoms with van der Waals surface area (Å²) in [5.41, 5.74) is 0. The smallest absolute Gasteiger partial charge is 0.137 e. The summed E-state index contributed by atoms with van der Waals surface area (Å²) in [6.07, 6.45) is 2.62. The zero-order valence-electron chi connectivity index (χ0n) is 9.41. The van der Waals surface area contributed by atoms with Crippen LogP contribution in [-0.2, 0) is 4.74 Å². The summed E-state index contributed by atoms with van der Waals surface area (Å²) >= 11 is 5.48. The molecule has 1 N–H and O–H groups in total. The third-order valence-electron chi connectivity index (χ3n) is 1.97. The molecule has 1 aromatic rings. The SMILES string of the molecule is COc1ccc(NCCCOCCCl)nc1. The van der Waals surface area contributed by atoms with E-state index >= 15 is 0 Å². The summed E-state index contributed by atoms with van der Waals surface area (Å²) < 4.78 is 10.3. The van der Waals surface area contributed by atoms with Crippen LogP contribution in [0.4, 0.5) is 5.82 Å². The average molecular weight is 245 g/mol. The Morgan fingerprint density at radius 3 is 2.88 bits per heavy atom. The van der Waals surface area contributed by atoms with Gasteiger partial charge in [-0.15, -0.1) is 11.6 Å². The molecule has 0 aromatic carbocycles. The zero-order valence-corrected chi connectivity index (χ0v) is 10.2. The van der Waals surface area contributed by atoms with E-state index in [9.17, 15) is 0 Å². The number of nitrogens with one attached hydrogen (secondary N) is 1. The number of aromatic nitrogens is 1. The van der Waals surface area contributed by atoms with E-state index in [0.717, 1.165) is 31.1 Å². The summed E-state index contributed by atoms with van der Waals surface area (Å²) in [6, 6.07) is 3.76. The first-order valence-electron chi connectivity index (χ1n) is 5.24. The maximum absolute atomic E-state index is 5.48. The van der Waals surface area contributed by atoms with Gasteiger partial charge in [-0.05, 0) is 18.6 Å². The van der Waals surface area contributed by atoms with Crippen molar-refractivity contribution in [3.8, 4) is 5.75 Å². The van der Waals surface area contributed by atoms with Gasteiger partial charge in [-0.1, -0.05) is 0 Å². The number of alkyl halides is 1. The van der Waals surface area contributed by atoms with Gasteiger partial charge in [-0.25, -0.2) is 4.98 Å². The van der Waals surface area contributed by atoms with Crippen molar-refractivity contribution in [2.45, 2.75) is 6.42 Å². The first-order valence-corrected chi connectivity index (χ1v) is 5.78. The van der Waals surface area contributed by atoms with E-state index in [1.54, 1.807) is 13.3 Å². The monoisotopic (exact) mass is 244 g/mol. The van der Waals surface area contributed by atoms with Gasteiger partial charge < -0.3 is 14.8 Å². The van der Waals surface area contributed by atoms with Crippen molar-refractivity contribution < 1.29 is 9.47 Å². The normalized spacial score (nSPS) is 10.1. The maximum atomic E-state index is 5.48. The highest BCUT2D eigenvalue weighted by molar-refractivity contribution is 6.17. The minimum Gasteiger partial charge on any atom is -0.495 e. The van der Waals surface area contributed by atoms with Crippen molar-refractivity contribution in [2.24, 2.45) is 0 Å². The fourth-order valence-corrected chi connectivity index (χ4v) is 1.26. The largest absolute Gasteiger partial charge is 0.495 e. The van der Waals surface area contributed by atoms with Crippen LogP contribution in [0.15, 0.2) is 18.3 Å². The number of pyridine rings is 1. The molecule has 5 heteroatoms. The third-order valence-corrected chi connectivity index (χ3v) is 2.12. The Morgan fingerprint density at radius 2 is 2.25 bits per heavy atom. The molecule has 0 aliphatic carbocycles. The lowest BCUT2D eigenvalue weighted by Gasteiger charge is -2.06. The number of nitrogens with zero attached hydrogens (tertiary/aromatic N) is 1. The van der Waals surface area contributed by atoms with Crippen molar-refractivity contribution in [1.82, 2.24) is 4.98 Å². The van der Waals surface area contributed by atoms with E-state index < -0.39 is 0 Å². The van der Waals surface area contributed by atoms with E-state index in [0.29, 0.717) is 12.5 Å². The summed E-state index contributed by atoms with van der Waals surface area (Å²) in [4.78, 5) is 4.19. The summed E-state index contributed by atoms with van der Waals surface area (Å²) in [6.45, 7) is 2.17. The van der Waals surface area contributed by atoms with Crippen molar-refractivity contribution in [3.05, 3.63) is 18.3 Å². The molecule has 0 atom stereocenters. The predicted molar refractivity (Wildman–Crippen MR) is 65.4 cm³/mol. The van der Waals surface area contributed by atoms with Gasteiger partial charge in [0.05, 0.1) is 19.9 Å². The van der Waals surface area contributed by atoms with Gasteiger partial charge >= 0.3 is 0 Å². The average Bonchev–Trinajstić information content (AvgIpc) is 2.34. The third kappa shape index (κ3) is 5.19. The Kier molecular flexibility index (Phi) is 6.69. The van der Waals surface area contributed by atoms with Gasteiger partial charge in [0.2, 0.25) is 0 Å². The Morgan fingerprint density at radius 1 is 1.38 bits per heavy atom. The molecule has 0 aliphatic heterocycles. The second kappa shape index (κ2) is 8.19. The van der Waals surface area contributed by atoms with Crippen LogP contribution in [0, 0.1) is 0 Å². The lowest BCUT2D eigenvalue weighted by atomic mass is 10.4. The first-order chi connectivity index (χ1) is 7.86. The molecule has 0 aliphatic rings. The highest BCUT2D eigenvalue weighted by Crippen LogP contribution is 2.10. The molecule has 1 aromatic heterocycles. The standard InChI is InChI=1S/C11H17ClN2O2/c1-15-10-3-4-11(14-9-10)13-6-2-7-16-8-5-12/h3-4,9H,2,5-8H2,1H3,(H,13,14). The van der Waals surface area contributed by atoms with Crippen LogP contribution in [0.5, 0.6) is 5.75 Å². The molecule has 1 rings (SSSR count). The highest BCUT2D eigenvalue weighted by Gasteiger charge is 1.94. The number of rotatable bonds is 8. The summed E-state index contributed by atoms with van der Waals surface area (Å²) in [5, 5.41) is 3.19. The van der Waals surface area contributed by atoms with E-state index in [-0.39, 0.29) is 0 Å². The van der Waals surface area contributed by atoms with Crippen LogP contribution in [0.25, 0.3) is 0 Å². The second-order valence-electron chi connectivity index (χ2n) is 3.16. The van der Waals surface area contributed by atoms with E-state index in [4.69, 9.17) is 21.1 Å². The van der Waals surface area contributed by atoms with Gasteiger partial charge in [0.25, 0.3) is 0 Å². The molecule has 16 heavy (non-hydrogen) atoms. The number of anilines is 1. The molecule has 90 valence electrons. The quantitative estimate of drug-likeness (QED) is 0.562. The van der Waals surface area contributed by atoms with Gasteiger partial charge in [0.15, 0.2) is 0 Å². The maximum Gasteiger partial charge on any atom is 0.137 e. The van der Waals surface area contributed by atoms with Crippen LogP contribution in [0.2, 0.25) is 0 Å². The van der Waals surface area contributed by atoms with Crippen LogP contribution < -0.4 is 10.1 Å². The molecular weight excluding hydrogens is 228 g/mol. The van der Waals surface area contributed by atoms with Crippen LogP contribution in [-0.4, -0.2) is 37.7 Å². The number of methoxy groups -OCH3 is 1. The number of ether oxygens (including phenoxy) is 2. The van der Waals surface area contributed by atoms with Crippen molar-refractivity contribution >= 4 is 17.4 Å². The van der Waals surface area contributed by atoms with Gasteiger partial charge in [0.1, 0.15) is 11.6 Å². The lowest BCUT2D eigenvalue weighted by Crippen LogP contribution is -2.07. The molecular formula is C11H17ClN2O2. The fourth-order valence-electron chi connectivity index (χ4n) is 1.15. The first kappa shape index (κ1) is 13.1. The minimum absolute atomic E-state index is 0.549. The topological polar surface area (TPSA) is 43.4 Å². The van der Waals surface area contributed by atoms with Crippen molar-refractivity contribution in [3.63, 3.8) is 0 Å². The van der Waals surface area contributed by atoms with Crippen LogP contribution in [0.3, 0.4) is 0 Å². The predicted octanol–water partition coefficient (Wildman–Crippen LogP) is 2.15. The van der Waals surface area contributed by atoms with E-state index in [1.807, 2.05) is 12.1 Å². The Bertz CT molecular complexity index is 280. The Hall–Kier alpha value is -1.00. The molecule has 4 nitrogen and oxygen atoms in total. The van der Waals surface area contributed by atoms with Gasteiger partial charge in [0, 0.05) is 19.0 Å². The van der Waals surface area contributed by atoms with Gasteiger partial charge in [-0.2, -0.15) is 0 Å². The summed E-state index contributed by atoms with van der Waals surface area (Å²) in [7, 11) is 1.62. The van der Waals surface area contributed by atoms with Gasteiger partial charge in [-0.3, -0.25) is 0 Å². The molecule has 1 heterocycles. The molecule has 0 bridgehead atoms. The lowest BCUT2D eigenvalue weighted by molar-refractivity contribution is 0.149. The minimum atomic E-state index is 0.549.